The van der Waals surface area contributed by atoms with Crippen LogP contribution in [0, 0.1) is 10.1 Å². The number of non-ortho nitro benzene ring substituents is 1. The largest absolute Gasteiger partial charge is 0.462 e. The molecule has 0 aliphatic heterocycles. The Morgan fingerprint density at radius 1 is 0.686 bits per heavy atom. The summed E-state index contributed by atoms with van der Waals surface area (Å²) in [6, 6.07) is 16.2. The number of nitrogens with zero attached hydrogens (tertiary/aromatic N) is 1. The highest BCUT2D eigenvalue weighted by Gasteiger charge is 2.31. The van der Waals surface area contributed by atoms with Crippen LogP contribution in [0.1, 0.15) is 34.6 Å². The van der Waals surface area contributed by atoms with E-state index in [1.54, 1.807) is 26.0 Å². The Labute approximate surface area is 198 Å². The summed E-state index contributed by atoms with van der Waals surface area (Å²) in [4.78, 5) is 38.3. The third-order valence-electron chi connectivity index (χ3n) is 6.67. The van der Waals surface area contributed by atoms with E-state index >= 15 is 0 Å². The van der Waals surface area contributed by atoms with Crippen molar-refractivity contribution in [2.45, 2.75) is 13.8 Å². The van der Waals surface area contributed by atoms with Crippen molar-refractivity contribution in [2.75, 3.05) is 13.2 Å². The number of carbonyl (C=O) groups is 2. The van der Waals surface area contributed by atoms with Gasteiger partial charge in [-0.3, -0.25) is 10.1 Å². The number of nitro groups is 1. The molecule has 0 fully saturated rings. The summed E-state index contributed by atoms with van der Waals surface area (Å²) < 4.78 is 10.8. The predicted molar refractivity (Wildman–Crippen MR) is 135 cm³/mol. The molecule has 0 heterocycles. The van der Waals surface area contributed by atoms with Crippen molar-refractivity contribution in [1.29, 1.82) is 0 Å². The molecule has 0 bridgehead atoms. The van der Waals surface area contributed by atoms with Gasteiger partial charge in [0, 0.05) is 11.5 Å². The summed E-state index contributed by atoms with van der Waals surface area (Å²) >= 11 is 0. The molecule has 0 saturated heterocycles. The number of rotatable bonds is 5. The smallest absolute Gasteiger partial charge is 0.339 e. The molecule has 7 nitrogen and oxygen atoms in total. The van der Waals surface area contributed by atoms with E-state index in [1.165, 1.54) is 6.07 Å². The van der Waals surface area contributed by atoms with Crippen LogP contribution in [0.2, 0.25) is 0 Å². The van der Waals surface area contributed by atoms with Gasteiger partial charge in [-0.05, 0) is 63.0 Å². The molecule has 0 unspecified atom stereocenters. The van der Waals surface area contributed by atoms with Crippen LogP contribution in [0.15, 0.2) is 54.6 Å². The van der Waals surface area contributed by atoms with Crippen molar-refractivity contribution in [1.82, 2.24) is 0 Å². The molecule has 0 amide bonds. The monoisotopic (exact) mass is 465 g/mol. The summed E-state index contributed by atoms with van der Waals surface area (Å²) in [5.74, 6) is -1.25. The average molecular weight is 465 g/mol. The van der Waals surface area contributed by atoms with Crippen molar-refractivity contribution < 1.29 is 24.0 Å². The highest BCUT2D eigenvalue weighted by Crippen LogP contribution is 2.49. The first-order valence-corrected chi connectivity index (χ1v) is 11.4. The van der Waals surface area contributed by atoms with Gasteiger partial charge in [0.05, 0.1) is 34.7 Å². The van der Waals surface area contributed by atoms with Gasteiger partial charge in [0.15, 0.2) is 0 Å². The van der Waals surface area contributed by atoms with Gasteiger partial charge in [-0.2, -0.15) is 0 Å². The number of benzene rings is 6. The SMILES string of the molecule is CCOC(=O)c1c(C(=O)OCC)c2ccc3ccc([N+](=O)[O-])c4c5cccc6ccc1c(c65)c2c34. The van der Waals surface area contributed by atoms with Gasteiger partial charge >= 0.3 is 11.9 Å². The highest BCUT2D eigenvalue weighted by atomic mass is 16.6. The average Bonchev–Trinajstić information content (AvgIpc) is 2.86. The van der Waals surface area contributed by atoms with Gasteiger partial charge in [0.2, 0.25) is 0 Å². The molecule has 0 aliphatic carbocycles. The molecule has 6 aromatic carbocycles. The third kappa shape index (κ3) is 2.72. The molecular formula is C28H19NO6. The molecule has 6 rings (SSSR count). The van der Waals surface area contributed by atoms with E-state index in [0.717, 1.165) is 26.9 Å². The van der Waals surface area contributed by atoms with Gasteiger partial charge in [-0.1, -0.05) is 42.5 Å². The van der Waals surface area contributed by atoms with Crippen molar-refractivity contribution in [2.24, 2.45) is 0 Å². The van der Waals surface area contributed by atoms with Crippen LogP contribution in [0.3, 0.4) is 0 Å². The molecule has 7 heteroatoms. The van der Waals surface area contributed by atoms with E-state index in [9.17, 15) is 19.7 Å². The van der Waals surface area contributed by atoms with Crippen LogP contribution in [0.25, 0.3) is 53.9 Å². The Morgan fingerprint density at radius 3 is 1.80 bits per heavy atom. The van der Waals surface area contributed by atoms with Crippen molar-refractivity contribution in [3.63, 3.8) is 0 Å². The molecule has 0 N–H and O–H groups in total. The minimum atomic E-state index is -0.636. The minimum Gasteiger partial charge on any atom is -0.462 e. The number of nitro benzene ring substituents is 1. The minimum absolute atomic E-state index is 0.00712. The summed E-state index contributed by atoms with van der Waals surface area (Å²) in [6.45, 7) is 3.69. The van der Waals surface area contributed by atoms with E-state index in [-0.39, 0.29) is 35.0 Å². The third-order valence-corrected chi connectivity index (χ3v) is 6.67. The maximum Gasteiger partial charge on any atom is 0.339 e. The second kappa shape index (κ2) is 7.50. The van der Waals surface area contributed by atoms with Crippen LogP contribution in [0.4, 0.5) is 5.69 Å². The summed E-state index contributed by atoms with van der Waals surface area (Å²) in [6.07, 6.45) is 0. The van der Waals surface area contributed by atoms with Crippen LogP contribution >= 0.6 is 0 Å². The predicted octanol–water partition coefficient (Wildman–Crippen LogP) is 6.59. The fraction of sp³-hybridized carbons (Fsp3) is 0.143. The first-order valence-electron chi connectivity index (χ1n) is 11.4. The number of ether oxygens (including phenoxy) is 2. The molecule has 0 aliphatic rings. The highest BCUT2D eigenvalue weighted by molar-refractivity contribution is 6.43. The molecular weight excluding hydrogens is 446 g/mol. The van der Waals surface area contributed by atoms with Gasteiger partial charge in [0.1, 0.15) is 0 Å². The van der Waals surface area contributed by atoms with E-state index in [0.29, 0.717) is 26.9 Å². The molecule has 0 radical (unpaired) electrons. The number of hydrogen-bond donors (Lipinski definition) is 0. The molecule has 0 spiro atoms. The Balaban J connectivity index is 2.00. The van der Waals surface area contributed by atoms with E-state index in [2.05, 4.69) is 0 Å². The first-order chi connectivity index (χ1) is 17.0. The second-order valence-corrected chi connectivity index (χ2v) is 8.39. The van der Waals surface area contributed by atoms with Gasteiger partial charge in [-0.25, -0.2) is 9.59 Å². The Morgan fingerprint density at radius 2 is 1.23 bits per heavy atom. The lowest BCUT2D eigenvalue weighted by atomic mass is 9.81. The Hall–Kier alpha value is -4.52. The number of hydrogen-bond acceptors (Lipinski definition) is 6. The van der Waals surface area contributed by atoms with Crippen LogP contribution in [-0.4, -0.2) is 30.1 Å². The zero-order chi connectivity index (χ0) is 24.4. The van der Waals surface area contributed by atoms with Crippen LogP contribution in [-0.2, 0) is 9.47 Å². The van der Waals surface area contributed by atoms with E-state index in [1.807, 2.05) is 36.4 Å². The topological polar surface area (TPSA) is 95.7 Å². The zero-order valence-corrected chi connectivity index (χ0v) is 19.0. The Kier molecular flexibility index (Phi) is 4.51. The number of fused-ring (bicyclic) bond motifs is 1. The fourth-order valence-electron chi connectivity index (χ4n) is 5.46. The molecule has 0 saturated carbocycles. The quantitative estimate of drug-likeness (QED) is 0.0937. The number of carbonyl (C=O) groups excluding carboxylic acids is 2. The molecule has 172 valence electrons. The summed E-state index contributed by atoms with van der Waals surface area (Å²) in [7, 11) is 0. The molecule has 35 heavy (non-hydrogen) atoms. The van der Waals surface area contributed by atoms with Crippen molar-refractivity contribution >= 4 is 71.5 Å². The van der Waals surface area contributed by atoms with E-state index in [4.69, 9.17) is 9.47 Å². The van der Waals surface area contributed by atoms with Crippen LogP contribution < -0.4 is 0 Å². The standard InChI is InChI=1S/C28H19NO6/c1-3-34-27(30)25-17-11-8-14-6-5-7-16-20(14)23(17)24-18(26(25)28(31)35-4-2)12-9-15-10-13-19(29(32)33)22(16)21(15)24/h5-13H,3-4H2,1-2H3. The van der Waals surface area contributed by atoms with Crippen molar-refractivity contribution in [3.05, 3.63) is 75.8 Å². The zero-order valence-electron chi connectivity index (χ0n) is 19.0. The van der Waals surface area contributed by atoms with Gasteiger partial charge in [0.25, 0.3) is 5.69 Å². The molecule has 0 aromatic heterocycles. The van der Waals surface area contributed by atoms with Gasteiger partial charge in [-0.15, -0.1) is 0 Å². The lowest BCUT2D eigenvalue weighted by Crippen LogP contribution is -2.16. The second-order valence-electron chi connectivity index (χ2n) is 8.39. The molecule has 6 aromatic rings. The first kappa shape index (κ1) is 21.0. The maximum absolute atomic E-state index is 13.3. The molecule has 0 atom stereocenters. The van der Waals surface area contributed by atoms with Crippen LogP contribution in [0.5, 0.6) is 0 Å². The van der Waals surface area contributed by atoms with Crippen molar-refractivity contribution in [3.8, 4) is 0 Å². The summed E-state index contributed by atoms with van der Waals surface area (Å²) in [5, 5.41) is 19.1. The fourth-order valence-corrected chi connectivity index (χ4v) is 5.46. The number of esters is 2. The lowest BCUT2D eigenvalue weighted by Gasteiger charge is -2.21. The maximum atomic E-state index is 13.3. The summed E-state index contributed by atoms with van der Waals surface area (Å²) in [5.41, 5.74) is 0.260. The normalized spacial score (nSPS) is 11.8. The van der Waals surface area contributed by atoms with E-state index < -0.39 is 11.9 Å². The lowest BCUT2D eigenvalue weighted by molar-refractivity contribution is -0.383. The van der Waals surface area contributed by atoms with Gasteiger partial charge < -0.3 is 9.47 Å². The Bertz CT molecular complexity index is 1840.